The molecule has 2 heterocycles. The van der Waals surface area contributed by atoms with Gasteiger partial charge in [0.25, 0.3) is 5.56 Å². The normalized spacial score (nSPS) is 14.6. The third-order valence-electron chi connectivity index (χ3n) is 2.38. The Bertz CT molecular complexity index is 472. The molecule has 1 aromatic heterocycles. The molecule has 13 heavy (non-hydrogen) atoms. The molecule has 1 aliphatic heterocycles. The maximum Gasteiger partial charge on any atom is 0.330 e. The maximum atomic E-state index is 11.5. The Kier molecular flexibility index (Phi) is 1.91. The Labute approximate surface area is 82.9 Å². The number of halogens is 1. The summed E-state index contributed by atoms with van der Waals surface area (Å²) in [6.07, 6.45) is 1.75. The van der Waals surface area contributed by atoms with Gasteiger partial charge in [0.1, 0.15) is 4.47 Å². The quantitative estimate of drug-likeness (QED) is 0.657. The van der Waals surface area contributed by atoms with E-state index in [0.717, 1.165) is 29.6 Å². The van der Waals surface area contributed by atoms with Gasteiger partial charge < -0.3 is 0 Å². The highest BCUT2D eigenvalue weighted by Crippen LogP contribution is 2.17. The third kappa shape index (κ3) is 1.10. The number of aromatic nitrogens is 2. The van der Waals surface area contributed by atoms with Crippen LogP contribution in [0.4, 0.5) is 0 Å². The van der Waals surface area contributed by atoms with Gasteiger partial charge in [-0.1, -0.05) is 0 Å². The van der Waals surface area contributed by atoms with Gasteiger partial charge in [-0.05, 0) is 28.8 Å². The standard InChI is InChI=1S/C8H9BrN2O2/c1-10-7(12)6(9)5-3-2-4-11(5)8(10)13/h2-4H2,1H3. The number of hydrogen-bond donors (Lipinski definition) is 0. The monoisotopic (exact) mass is 244 g/mol. The first kappa shape index (κ1) is 8.74. The van der Waals surface area contributed by atoms with E-state index in [4.69, 9.17) is 0 Å². The highest BCUT2D eigenvalue weighted by Gasteiger charge is 2.19. The van der Waals surface area contributed by atoms with Gasteiger partial charge in [0, 0.05) is 19.3 Å². The molecule has 0 unspecified atom stereocenters. The van der Waals surface area contributed by atoms with E-state index in [9.17, 15) is 9.59 Å². The van der Waals surface area contributed by atoms with Crippen molar-refractivity contribution in [3.8, 4) is 0 Å². The molecule has 0 radical (unpaired) electrons. The van der Waals surface area contributed by atoms with Crippen molar-refractivity contribution in [3.63, 3.8) is 0 Å². The van der Waals surface area contributed by atoms with Crippen molar-refractivity contribution in [1.29, 1.82) is 0 Å². The fourth-order valence-corrected chi connectivity index (χ4v) is 2.33. The highest BCUT2D eigenvalue weighted by molar-refractivity contribution is 9.10. The Hall–Kier alpha value is -0.840. The molecule has 0 spiro atoms. The Balaban J connectivity index is 2.93. The molecule has 1 aliphatic rings. The van der Waals surface area contributed by atoms with Crippen molar-refractivity contribution in [2.45, 2.75) is 19.4 Å². The maximum absolute atomic E-state index is 11.5. The summed E-state index contributed by atoms with van der Waals surface area (Å²) < 4.78 is 3.33. The summed E-state index contributed by atoms with van der Waals surface area (Å²) in [4.78, 5) is 23.0. The molecule has 70 valence electrons. The number of hydrogen-bond acceptors (Lipinski definition) is 2. The van der Waals surface area contributed by atoms with Crippen molar-refractivity contribution in [2.75, 3.05) is 0 Å². The van der Waals surface area contributed by atoms with Gasteiger partial charge in [-0.3, -0.25) is 13.9 Å². The van der Waals surface area contributed by atoms with Gasteiger partial charge in [-0.15, -0.1) is 0 Å². The van der Waals surface area contributed by atoms with Crippen LogP contribution in [-0.4, -0.2) is 9.13 Å². The smallest absolute Gasteiger partial charge is 0.296 e. The lowest BCUT2D eigenvalue weighted by molar-refractivity contribution is 0.629. The second-order valence-electron chi connectivity index (χ2n) is 3.16. The average molecular weight is 245 g/mol. The van der Waals surface area contributed by atoms with E-state index in [1.807, 2.05) is 0 Å². The van der Waals surface area contributed by atoms with Crippen LogP contribution in [0.2, 0.25) is 0 Å². The first-order valence-electron chi connectivity index (χ1n) is 4.11. The molecule has 0 N–H and O–H groups in total. The molecule has 0 bridgehead atoms. The van der Waals surface area contributed by atoms with Crippen LogP contribution in [0.3, 0.4) is 0 Å². The Morgan fingerprint density at radius 2 is 2.08 bits per heavy atom. The fraction of sp³-hybridized carbons (Fsp3) is 0.500. The SMILES string of the molecule is Cn1c(=O)c(Br)c2n(c1=O)CCC2. The summed E-state index contributed by atoms with van der Waals surface area (Å²) in [5, 5.41) is 0. The lowest BCUT2D eigenvalue weighted by atomic mass is 10.3. The molecule has 1 aromatic rings. The molecule has 0 amide bonds. The zero-order valence-corrected chi connectivity index (χ0v) is 8.80. The molecular formula is C8H9BrN2O2. The molecule has 5 heteroatoms. The Morgan fingerprint density at radius 3 is 2.77 bits per heavy atom. The molecule has 0 saturated heterocycles. The average Bonchev–Trinajstić information content (AvgIpc) is 2.59. The molecule has 0 fully saturated rings. The van der Waals surface area contributed by atoms with Gasteiger partial charge in [0.05, 0.1) is 0 Å². The molecule has 0 aromatic carbocycles. The van der Waals surface area contributed by atoms with Crippen LogP contribution in [0.25, 0.3) is 0 Å². The third-order valence-corrected chi connectivity index (χ3v) is 3.18. The summed E-state index contributed by atoms with van der Waals surface area (Å²) in [6, 6.07) is 0. The lowest BCUT2D eigenvalue weighted by Crippen LogP contribution is -2.38. The molecular weight excluding hydrogens is 236 g/mol. The zero-order valence-electron chi connectivity index (χ0n) is 7.21. The lowest BCUT2D eigenvalue weighted by Gasteiger charge is -2.06. The van der Waals surface area contributed by atoms with Gasteiger partial charge in [-0.2, -0.15) is 0 Å². The van der Waals surface area contributed by atoms with Crippen LogP contribution in [0.5, 0.6) is 0 Å². The van der Waals surface area contributed by atoms with Gasteiger partial charge in [0.15, 0.2) is 0 Å². The zero-order chi connectivity index (χ0) is 9.59. The number of rotatable bonds is 0. The van der Waals surface area contributed by atoms with Crippen LogP contribution in [-0.2, 0) is 20.0 Å². The predicted molar refractivity (Wildman–Crippen MR) is 52.0 cm³/mol. The number of fused-ring (bicyclic) bond motifs is 1. The molecule has 0 saturated carbocycles. The predicted octanol–water partition coefficient (Wildman–Crippen LogP) is 0.256. The molecule has 2 rings (SSSR count). The second-order valence-corrected chi connectivity index (χ2v) is 3.96. The summed E-state index contributed by atoms with van der Waals surface area (Å²) in [7, 11) is 1.50. The summed E-state index contributed by atoms with van der Waals surface area (Å²) in [5.41, 5.74) is 0.395. The van der Waals surface area contributed by atoms with E-state index in [0.29, 0.717) is 4.47 Å². The minimum absolute atomic E-state index is 0.208. The first-order valence-corrected chi connectivity index (χ1v) is 4.90. The van der Waals surface area contributed by atoms with Crippen LogP contribution in [0.15, 0.2) is 14.1 Å². The van der Waals surface area contributed by atoms with Gasteiger partial charge >= 0.3 is 5.69 Å². The largest absolute Gasteiger partial charge is 0.330 e. The first-order chi connectivity index (χ1) is 6.13. The van der Waals surface area contributed by atoms with Crippen molar-refractivity contribution in [1.82, 2.24) is 9.13 Å². The van der Waals surface area contributed by atoms with Crippen molar-refractivity contribution in [2.24, 2.45) is 7.05 Å². The van der Waals surface area contributed by atoms with Crippen LogP contribution in [0.1, 0.15) is 12.1 Å². The van der Waals surface area contributed by atoms with Crippen LogP contribution in [0, 0.1) is 0 Å². The van der Waals surface area contributed by atoms with E-state index in [2.05, 4.69) is 15.9 Å². The molecule has 0 aliphatic carbocycles. The minimum Gasteiger partial charge on any atom is -0.296 e. The summed E-state index contributed by atoms with van der Waals surface area (Å²) >= 11 is 3.22. The van der Waals surface area contributed by atoms with E-state index in [1.165, 1.54) is 7.05 Å². The van der Waals surface area contributed by atoms with E-state index >= 15 is 0 Å². The Morgan fingerprint density at radius 1 is 1.38 bits per heavy atom. The fourth-order valence-electron chi connectivity index (χ4n) is 1.65. The van der Waals surface area contributed by atoms with Crippen LogP contribution >= 0.6 is 15.9 Å². The molecule has 0 atom stereocenters. The van der Waals surface area contributed by atoms with E-state index in [-0.39, 0.29) is 11.2 Å². The van der Waals surface area contributed by atoms with Crippen molar-refractivity contribution < 1.29 is 0 Å². The minimum atomic E-state index is -0.238. The highest BCUT2D eigenvalue weighted by atomic mass is 79.9. The van der Waals surface area contributed by atoms with Crippen molar-refractivity contribution >= 4 is 15.9 Å². The number of nitrogens with zero attached hydrogens (tertiary/aromatic N) is 2. The van der Waals surface area contributed by atoms with Gasteiger partial charge in [0.2, 0.25) is 0 Å². The topological polar surface area (TPSA) is 44.0 Å². The van der Waals surface area contributed by atoms with Crippen LogP contribution < -0.4 is 11.2 Å². The van der Waals surface area contributed by atoms with E-state index in [1.54, 1.807) is 4.57 Å². The summed E-state index contributed by atoms with van der Waals surface area (Å²) in [6.45, 7) is 0.723. The molecule has 4 nitrogen and oxygen atoms in total. The van der Waals surface area contributed by atoms with E-state index < -0.39 is 0 Å². The van der Waals surface area contributed by atoms with Crippen molar-refractivity contribution in [3.05, 3.63) is 31.0 Å². The second kappa shape index (κ2) is 2.83. The summed E-state index contributed by atoms with van der Waals surface area (Å²) in [5.74, 6) is 0. The van der Waals surface area contributed by atoms with Gasteiger partial charge in [-0.25, -0.2) is 4.79 Å².